The third-order valence-corrected chi connectivity index (χ3v) is 2.45. The maximum Gasteiger partial charge on any atom is 0.231 e. The molecule has 1 aromatic carbocycles. The average Bonchev–Trinajstić information content (AvgIpc) is 2.74. The first kappa shape index (κ1) is 11.3. The first-order valence-electron chi connectivity index (χ1n) is 4.99. The van der Waals surface area contributed by atoms with Gasteiger partial charge in [0.2, 0.25) is 5.78 Å². The van der Waals surface area contributed by atoms with Crippen molar-refractivity contribution >= 4 is 5.78 Å². The number of ketones is 1. The summed E-state index contributed by atoms with van der Waals surface area (Å²) in [6.07, 6.45) is 3.13. The number of aryl methyl sites for hydroxylation is 1. The Bertz CT molecular complexity index is 563. The fraction of sp³-hybridized carbons (Fsp3) is 0.167. The summed E-state index contributed by atoms with van der Waals surface area (Å²) in [5, 5.41) is 0. The lowest BCUT2D eigenvalue weighted by Gasteiger charge is -2.04. The van der Waals surface area contributed by atoms with E-state index in [1.165, 1.54) is 25.4 Å². The van der Waals surface area contributed by atoms with Crippen LogP contribution in [0.4, 0.5) is 4.39 Å². The molecule has 2 aromatic rings. The molecule has 0 unspecified atom stereocenters. The van der Waals surface area contributed by atoms with Gasteiger partial charge in [0.05, 0.1) is 12.7 Å². The fourth-order valence-electron chi connectivity index (χ4n) is 1.51. The highest BCUT2D eigenvalue weighted by Gasteiger charge is 2.18. The first-order valence-corrected chi connectivity index (χ1v) is 4.99. The monoisotopic (exact) mass is 234 g/mol. The molecule has 0 radical (unpaired) electrons. The zero-order valence-corrected chi connectivity index (χ0v) is 9.48. The summed E-state index contributed by atoms with van der Waals surface area (Å²) >= 11 is 0. The molecule has 17 heavy (non-hydrogen) atoms. The highest BCUT2D eigenvalue weighted by atomic mass is 19.1. The molecule has 0 saturated carbocycles. The third kappa shape index (κ3) is 2.04. The maximum atomic E-state index is 13.7. The number of rotatable bonds is 3. The zero-order valence-electron chi connectivity index (χ0n) is 9.48. The number of imidazole rings is 1. The summed E-state index contributed by atoms with van der Waals surface area (Å²) in [6.45, 7) is 0. The summed E-state index contributed by atoms with van der Waals surface area (Å²) in [5.41, 5.74) is -0.0138. The SMILES string of the molecule is COc1ccc(C(=O)c2nccn2C)c(F)c1. The van der Waals surface area contributed by atoms with Gasteiger partial charge < -0.3 is 9.30 Å². The lowest BCUT2D eigenvalue weighted by molar-refractivity contribution is 0.102. The lowest BCUT2D eigenvalue weighted by Crippen LogP contribution is -2.10. The molecule has 0 amide bonds. The van der Waals surface area contributed by atoms with Gasteiger partial charge in [-0.2, -0.15) is 0 Å². The Kier molecular flexibility index (Phi) is 2.91. The number of nitrogens with zero attached hydrogens (tertiary/aromatic N) is 2. The van der Waals surface area contributed by atoms with Crippen molar-refractivity contribution in [2.75, 3.05) is 7.11 Å². The third-order valence-electron chi connectivity index (χ3n) is 2.45. The molecule has 0 aliphatic heterocycles. The summed E-state index contributed by atoms with van der Waals surface area (Å²) in [4.78, 5) is 15.9. The van der Waals surface area contributed by atoms with Gasteiger partial charge in [-0.25, -0.2) is 9.37 Å². The van der Waals surface area contributed by atoms with Crippen molar-refractivity contribution in [1.82, 2.24) is 9.55 Å². The maximum absolute atomic E-state index is 13.7. The van der Waals surface area contributed by atoms with Crippen molar-refractivity contribution in [3.8, 4) is 5.75 Å². The predicted molar refractivity (Wildman–Crippen MR) is 59.6 cm³/mol. The normalized spacial score (nSPS) is 10.3. The van der Waals surface area contributed by atoms with E-state index in [4.69, 9.17) is 4.74 Å². The molecule has 0 N–H and O–H groups in total. The van der Waals surface area contributed by atoms with Crippen molar-refractivity contribution in [2.45, 2.75) is 0 Å². The Morgan fingerprint density at radius 1 is 1.47 bits per heavy atom. The zero-order chi connectivity index (χ0) is 12.4. The predicted octanol–water partition coefficient (Wildman–Crippen LogP) is 1.80. The molecular formula is C12H11FN2O2. The van der Waals surface area contributed by atoms with Crippen LogP contribution in [0.5, 0.6) is 5.75 Å². The van der Waals surface area contributed by atoms with E-state index in [9.17, 15) is 9.18 Å². The van der Waals surface area contributed by atoms with Crippen LogP contribution in [-0.2, 0) is 7.05 Å². The number of ether oxygens (including phenoxy) is 1. The molecule has 88 valence electrons. The van der Waals surface area contributed by atoms with E-state index in [0.29, 0.717) is 5.75 Å². The van der Waals surface area contributed by atoms with Gasteiger partial charge in [-0.15, -0.1) is 0 Å². The molecule has 0 bridgehead atoms. The van der Waals surface area contributed by atoms with Crippen LogP contribution < -0.4 is 4.74 Å². The fourth-order valence-corrected chi connectivity index (χ4v) is 1.51. The number of aromatic nitrogens is 2. The molecule has 0 spiro atoms. The van der Waals surface area contributed by atoms with Crippen molar-refractivity contribution in [3.05, 3.63) is 47.8 Å². The molecule has 0 saturated heterocycles. The van der Waals surface area contributed by atoms with Gasteiger partial charge in [-0.3, -0.25) is 4.79 Å². The molecule has 5 heteroatoms. The van der Waals surface area contributed by atoms with E-state index in [2.05, 4.69) is 4.98 Å². The van der Waals surface area contributed by atoms with Crippen LogP contribution in [0.1, 0.15) is 16.2 Å². The second-order valence-corrected chi connectivity index (χ2v) is 3.54. The summed E-state index contributed by atoms with van der Waals surface area (Å²) in [5.74, 6) is -0.483. The van der Waals surface area contributed by atoms with Crippen molar-refractivity contribution in [3.63, 3.8) is 0 Å². The van der Waals surface area contributed by atoms with Gasteiger partial charge >= 0.3 is 0 Å². The van der Waals surface area contributed by atoms with Gasteiger partial charge in [0.15, 0.2) is 5.82 Å². The van der Waals surface area contributed by atoms with E-state index in [1.54, 1.807) is 23.9 Å². The van der Waals surface area contributed by atoms with E-state index < -0.39 is 11.6 Å². The number of carbonyl (C=O) groups excluding carboxylic acids is 1. The van der Waals surface area contributed by atoms with Gasteiger partial charge in [-0.05, 0) is 12.1 Å². The van der Waals surface area contributed by atoms with E-state index in [0.717, 1.165) is 0 Å². The largest absolute Gasteiger partial charge is 0.497 e. The highest BCUT2D eigenvalue weighted by Crippen LogP contribution is 2.18. The molecule has 0 aliphatic rings. The first-order chi connectivity index (χ1) is 8.13. The number of methoxy groups -OCH3 is 1. The van der Waals surface area contributed by atoms with Crippen LogP contribution in [0.25, 0.3) is 0 Å². The number of benzene rings is 1. The smallest absolute Gasteiger partial charge is 0.231 e. The van der Waals surface area contributed by atoms with Crippen molar-refractivity contribution in [2.24, 2.45) is 7.05 Å². The van der Waals surface area contributed by atoms with E-state index in [-0.39, 0.29) is 11.4 Å². The van der Waals surface area contributed by atoms with E-state index >= 15 is 0 Å². The van der Waals surface area contributed by atoms with Crippen LogP contribution in [0.2, 0.25) is 0 Å². The Labute approximate surface area is 97.7 Å². The van der Waals surface area contributed by atoms with Gasteiger partial charge in [0.25, 0.3) is 0 Å². The Morgan fingerprint density at radius 2 is 2.24 bits per heavy atom. The molecule has 0 aliphatic carbocycles. The van der Waals surface area contributed by atoms with Crippen LogP contribution in [0.15, 0.2) is 30.6 Å². The molecular weight excluding hydrogens is 223 g/mol. The Hall–Kier alpha value is -2.17. The summed E-state index contributed by atoms with van der Waals surface area (Å²) in [7, 11) is 3.12. The minimum absolute atomic E-state index is 0.0138. The second-order valence-electron chi connectivity index (χ2n) is 3.54. The quantitative estimate of drug-likeness (QED) is 0.760. The van der Waals surface area contributed by atoms with Crippen molar-refractivity contribution in [1.29, 1.82) is 0 Å². The molecule has 1 heterocycles. The van der Waals surface area contributed by atoms with Crippen molar-refractivity contribution < 1.29 is 13.9 Å². The van der Waals surface area contributed by atoms with Gasteiger partial charge in [0, 0.05) is 25.5 Å². The molecule has 1 aromatic heterocycles. The summed E-state index contributed by atoms with van der Waals surface area (Å²) in [6, 6.07) is 4.11. The highest BCUT2D eigenvalue weighted by molar-refractivity contribution is 6.06. The molecule has 2 rings (SSSR count). The molecule has 4 nitrogen and oxygen atoms in total. The number of carbonyl (C=O) groups is 1. The topological polar surface area (TPSA) is 44.1 Å². The van der Waals surface area contributed by atoms with E-state index in [1.807, 2.05) is 0 Å². The number of hydrogen-bond acceptors (Lipinski definition) is 3. The molecule has 0 atom stereocenters. The number of halogens is 1. The van der Waals surface area contributed by atoms with Gasteiger partial charge in [0.1, 0.15) is 11.6 Å². The van der Waals surface area contributed by atoms with Crippen LogP contribution >= 0.6 is 0 Å². The lowest BCUT2D eigenvalue weighted by atomic mass is 10.1. The van der Waals surface area contributed by atoms with Crippen LogP contribution in [-0.4, -0.2) is 22.4 Å². The van der Waals surface area contributed by atoms with Crippen LogP contribution in [0.3, 0.4) is 0 Å². The van der Waals surface area contributed by atoms with Crippen LogP contribution in [0, 0.1) is 5.82 Å². The Balaban J connectivity index is 2.41. The minimum Gasteiger partial charge on any atom is -0.497 e. The van der Waals surface area contributed by atoms with Gasteiger partial charge in [-0.1, -0.05) is 0 Å². The minimum atomic E-state index is -0.614. The average molecular weight is 234 g/mol. The number of hydrogen-bond donors (Lipinski definition) is 0. The molecule has 0 fully saturated rings. The Morgan fingerprint density at radius 3 is 2.76 bits per heavy atom. The second kappa shape index (κ2) is 4.37. The standard InChI is InChI=1S/C12H11FN2O2/c1-15-6-5-14-12(15)11(16)9-4-3-8(17-2)7-10(9)13/h3-7H,1-2H3. The summed E-state index contributed by atoms with van der Waals surface area (Å²) < 4.78 is 20.1.